The van der Waals surface area contributed by atoms with Crippen LogP contribution < -0.4 is 9.64 Å². The van der Waals surface area contributed by atoms with E-state index in [1.54, 1.807) is 31.9 Å². The normalized spacial score (nSPS) is 11.8. The van der Waals surface area contributed by atoms with E-state index >= 15 is 0 Å². The van der Waals surface area contributed by atoms with Crippen LogP contribution in [-0.4, -0.2) is 65.1 Å². The van der Waals surface area contributed by atoms with Crippen molar-refractivity contribution in [3.8, 4) is 39.1 Å². The molecular weight excluding hydrogens is 581 g/mol. The number of thiazole rings is 1. The number of amides is 1. The Hall–Kier alpha value is -3.74. The number of hydrogen-bond acceptors (Lipinski definition) is 10. The Morgan fingerprint density at radius 1 is 0.953 bits per heavy atom. The smallest absolute Gasteiger partial charge is 0.418 e. The maximum absolute atomic E-state index is 13.2. The molecule has 0 radical (unpaired) electrons. The van der Waals surface area contributed by atoms with Crippen LogP contribution in [0.15, 0.2) is 43.0 Å². The second-order valence-electron chi connectivity index (χ2n) is 12.5. The second-order valence-corrected chi connectivity index (χ2v) is 19.1. The van der Waals surface area contributed by atoms with Gasteiger partial charge in [-0.15, -0.1) is 0 Å². The molecule has 10 nitrogen and oxygen atoms in total. The Labute approximate surface area is 258 Å². The van der Waals surface area contributed by atoms with Gasteiger partial charge in [-0.2, -0.15) is 0 Å². The van der Waals surface area contributed by atoms with Crippen LogP contribution in [-0.2, 0) is 9.47 Å². The molecule has 0 aliphatic rings. The lowest BCUT2D eigenvalue weighted by molar-refractivity contribution is 0.0500. The van der Waals surface area contributed by atoms with E-state index in [1.165, 1.54) is 16.2 Å². The molecule has 4 rings (SSSR count). The highest BCUT2D eigenvalue weighted by atomic mass is 32.1. The first-order chi connectivity index (χ1) is 20.2. The summed E-state index contributed by atoms with van der Waals surface area (Å²) in [5, 5.41) is 0.454. The molecule has 0 fully saturated rings. The number of aromatic nitrogens is 5. The molecule has 0 bridgehead atoms. The van der Waals surface area contributed by atoms with Gasteiger partial charge in [-0.05, 0) is 70.0 Å². The molecule has 0 saturated carbocycles. The maximum Gasteiger partial charge on any atom is 0.418 e. The van der Waals surface area contributed by atoms with Gasteiger partial charge in [0.25, 0.3) is 0 Å². The van der Waals surface area contributed by atoms with Crippen LogP contribution in [0.1, 0.15) is 31.9 Å². The van der Waals surface area contributed by atoms with Gasteiger partial charge < -0.3 is 14.2 Å². The monoisotopic (exact) mass is 620 g/mol. The van der Waals surface area contributed by atoms with Gasteiger partial charge in [0.05, 0.1) is 29.6 Å². The van der Waals surface area contributed by atoms with E-state index in [2.05, 4.69) is 34.6 Å². The molecule has 1 aromatic carbocycles. The molecule has 0 atom stereocenters. The number of carbonyl (C=O) groups excluding carboxylic acids is 1. The average molecular weight is 621 g/mol. The van der Waals surface area contributed by atoms with Gasteiger partial charge >= 0.3 is 6.09 Å². The number of nitrogens with zero attached hydrogens (tertiary/aromatic N) is 6. The van der Waals surface area contributed by atoms with Crippen LogP contribution in [0.3, 0.4) is 0 Å². The zero-order valence-electron chi connectivity index (χ0n) is 26.4. The van der Waals surface area contributed by atoms with Crippen molar-refractivity contribution in [1.82, 2.24) is 24.9 Å². The van der Waals surface area contributed by atoms with Crippen LogP contribution in [0.25, 0.3) is 33.3 Å². The van der Waals surface area contributed by atoms with Crippen molar-refractivity contribution >= 4 is 30.6 Å². The topological polar surface area (TPSA) is 112 Å². The minimum Gasteiger partial charge on any atom is -0.497 e. The lowest BCUT2D eigenvalue weighted by Crippen LogP contribution is -2.38. The van der Waals surface area contributed by atoms with Crippen LogP contribution in [0.4, 0.5) is 9.93 Å². The van der Waals surface area contributed by atoms with Crippen molar-refractivity contribution in [2.75, 3.05) is 25.3 Å². The summed E-state index contributed by atoms with van der Waals surface area (Å²) in [6, 6.07) is 6.88. The largest absolute Gasteiger partial charge is 0.497 e. The number of methoxy groups -OCH3 is 1. The molecule has 1 amide bonds. The van der Waals surface area contributed by atoms with Crippen LogP contribution in [0, 0.1) is 13.8 Å². The quantitative estimate of drug-likeness (QED) is 0.102. The Bertz CT molecular complexity index is 1540. The lowest BCUT2D eigenvalue weighted by Gasteiger charge is -2.26. The van der Waals surface area contributed by atoms with Gasteiger partial charge in [0.15, 0.2) is 11.0 Å². The van der Waals surface area contributed by atoms with Gasteiger partial charge in [-0.3, -0.25) is 4.98 Å². The van der Waals surface area contributed by atoms with Crippen molar-refractivity contribution in [1.29, 1.82) is 0 Å². The summed E-state index contributed by atoms with van der Waals surface area (Å²) in [4.78, 5) is 38.4. The van der Waals surface area contributed by atoms with E-state index in [-0.39, 0.29) is 6.73 Å². The van der Waals surface area contributed by atoms with Crippen LogP contribution in [0.2, 0.25) is 25.7 Å². The van der Waals surface area contributed by atoms with E-state index < -0.39 is 19.8 Å². The summed E-state index contributed by atoms with van der Waals surface area (Å²) in [6.45, 7) is 17.0. The molecule has 3 aromatic heterocycles. The SMILES string of the molecule is COc1cc(C)c(-c2cc(-c3cnc(N(COCC[Si](C)(C)C)C(=O)OC(C)(C)C)s3)nc(-c3cnccn3)n2)c(C)c1. The number of benzene rings is 1. The van der Waals surface area contributed by atoms with Gasteiger partial charge in [0.2, 0.25) is 0 Å². The van der Waals surface area contributed by atoms with Gasteiger partial charge in [0, 0.05) is 38.8 Å². The van der Waals surface area contributed by atoms with Crippen LogP contribution >= 0.6 is 11.3 Å². The highest BCUT2D eigenvalue weighted by Gasteiger charge is 2.27. The minimum atomic E-state index is -1.30. The third-order valence-electron chi connectivity index (χ3n) is 6.32. The Kier molecular flexibility index (Phi) is 9.93. The number of rotatable bonds is 10. The number of anilines is 1. The Balaban J connectivity index is 1.75. The summed E-state index contributed by atoms with van der Waals surface area (Å²) in [6.07, 6.45) is 6.05. The van der Waals surface area contributed by atoms with E-state index in [1.807, 2.05) is 52.8 Å². The Morgan fingerprint density at radius 2 is 1.65 bits per heavy atom. The zero-order chi connectivity index (χ0) is 31.4. The van der Waals surface area contributed by atoms with Gasteiger partial charge in [-0.1, -0.05) is 31.0 Å². The van der Waals surface area contributed by atoms with E-state index in [9.17, 15) is 4.79 Å². The number of aryl methyl sites for hydroxylation is 2. The summed E-state index contributed by atoms with van der Waals surface area (Å²) in [7, 11) is 0.357. The zero-order valence-corrected chi connectivity index (χ0v) is 28.2. The highest BCUT2D eigenvalue weighted by Crippen LogP contribution is 2.36. The maximum atomic E-state index is 13.2. The van der Waals surface area contributed by atoms with E-state index in [4.69, 9.17) is 24.2 Å². The van der Waals surface area contributed by atoms with Crippen molar-refractivity contribution in [2.45, 2.75) is 65.9 Å². The van der Waals surface area contributed by atoms with Crippen molar-refractivity contribution in [2.24, 2.45) is 0 Å². The molecule has 0 spiro atoms. The van der Waals surface area contributed by atoms with Crippen molar-refractivity contribution < 1.29 is 19.0 Å². The first-order valence-electron chi connectivity index (χ1n) is 14.1. The molecule has 0 unspecified atom stereocenters. The summed E-state index contributed by atoms with van der Waals surface area (Å²) in [5.74, 6) is 1.22. The Morgan fingerprint density at radius 3 is 2.26 bits per heavy atom. The third kappa shape index (κ3) is 8.65. The molecule has 0 aliphatic heterocycles. The fourth-order valence-electron chi connectivity index (χ4n) is 4.22. The number of hydrogen-bond donors (Lipinski definition) is 0. The van der Waals surface area contributed by atoms with Crippen molar-refractivity contribution in [3.63, 3.8) is 0 Å². The first-order valence-corrected chi connectivity index (χ1v) is 18.6. The number of ether oxygens (including phenoxy) is 3. The lowest BCUT2D eigenvalue weighted by atomic mass is 9.98. The molecule has 3 heterocycles. The van der Waals surface area contributed by atoms with Crippen molar-refractivity contribution in [3.05, 3.63) is 54.1 Å². The molecule has 12 heteroatoms. The molecule has 4 aromatic rings. The average Bonchev–Trinajstić information content (AvgIpc) is 3.41. The molecule has 0 aliphatic carbocycles. The predicted molar refractivity (Wildman–Crippen MR) is 173 cm³/mol. The van der Waals surface area contributed by atoms with Gasteiger partial charge in [-0.25, -0.2) is 29.6 Å². The molecular formula is C31H40N6O4SSi. The molecule has 0 saturated heterocycles. The highest BCUT2D eigenvalue weighted by molar-refractivity contribution is 7.19. The fourth-order valence-corrected chi connectivity index (χ4v) is 5.83. The summed E-state index contributed by atoms with van der Waals surface area (Å²) >= 11 is 1.33. The summed E-state index contributed by atoms with van der Waals surface area (Å²) < 4.78 is 17.1. The van der Waals surface area contributed by atoms with Gasteiger partial charge in [0.1, 0.15) is 23.8 Å². The third-order valence-corrected chi connectivity index (χ3v) is 9.07. The first kappa shape index (κ1) is 32.2. The fraction of sp³-hybridized carbons (Fsp3) is 0.419. The molecule has 0 N–H and O–H groups in total. The second kappa shape index (κ2) is 13.3. The standard InChI is InChI=1S/C31H40N6O4SSi/c1-20-14-22(39-6)15-21(2)27(20)24-16-23(35-28(36-24)25-17-32-10-11-33-25)26-18-34-29(42-26)37(30(38)41-31(3,4)5)19-40-12-13-43(7,8)9/h10-11,14-18H,12-13,19H2,1-9H3. The molecule has 43 heavy (non-hydrogen) atoms. The minimum absolute atomic E-state index is 0.0382. The molecule has 228 valence electrons. The summed E-state index contributed by atoms with van der Waals surface area (Å²) in [5.41, 5.74) is 4.27. The van der Waals surface area contributed by atoms with E-state index in [0.29, 0.717) is 29.0 Å². The van der Waals surface area contributed by atoms with Crippen LogP contribution in [0.5, 0.6) is 5.75 Å². The van der Waals surface area contributed by atoms with E-state index in [0.717, 1.165) is 39.1 Å². The number of carbonyl (C=O) groups is 1. The predicted octanol–water partition coefficient (Wildman–Crippen LogP) is 7.40.